The van der Waals surface area contributed by atoms with Crippen molar-refractivity contribution in [2.45, 2.75) is 38.6 Å². The lowest BCUT2D eigenvalue weighted by Crippen LogP contribution is -2.36. The molecular weight excluding hydrogens is 478 g/mol. The molecule has 5 rings (SSSR count). The highest BCUT2D eigenvalue weighted by Crippen LogP contribution is 2.38. The summed E-state index contributed by atoms with van der Waals surface area (Å²) in [5.41, 5.74) is 1.15. The Morgan fingerprint density at radius 2 is 2.00 bits per heavy atom. The van der Waals surface area contributed by atoms with Crippen LogP contribution in [0.15, 0.2) is 52.3 Å². The third-order valence-electron chi connectivity index (χ3n) is 5.87. The fourth-order valence-corrected chi connectivity index (χ4v) is 5.66. The summed E-state index contributed by atoms with van der Waals surface area (Å²) in [7, 11) is 0. The number of aromatic nitrogens is 2. The van der Waals surface area contributed by atoms with Crippen LogP contribution in [-0.2, 0) is 4.79 Å². The Morgan fingerprint density at radius 1 is 1.21 bits per heavy atom. The molecule has 1 aliphatic carbocycles. The predicted molar refractivity (Wildman–Crippen MR) is 135 cm³/mol. The van der Waals surface area contributed by atoms with E-state index in [1.807, 2.05) is 6.92 Å². The van der Waals surface area contributed by atoms with Gasteiger partial charge in [-0.15, -0.1) is 0 Å². The number of carbonyl (C=O) groups excluding carboxylic acids is 1. The number of hydrogen-bond donors (Lipinski definition) is 0. The maximum absolute atomic E-state index is 13.4. The van der Waals surface area contributed by atoms with Gasteiger partial charge in [0, 0.05) is 17.3 Å². The average Bonchev–Trinajstić information content (AvgIpc) is 3.41. The van der Waals surface area contributed by atoms with E-state index >= 15 is 0 Å². The molecule has 0 unspecified atom stereocenters. The molecule has 9 heteroatoms. The molecule has 2 aliphatic rings. The standard InChI is InChI=1S/C24H20ClN3O3S2/c1-14-12-16(9-10-18(14)25)31-21-17(22(29)27-11-5-4-8-20(27)26-21)13-19-23(30)28(24(32)33-19)15-6-2-3-7-15/h4-5,8-13,15H,2-3,6-7H2,1H3/b19-13+. The molecule has 168 valence electrons. The topological polar surface area (TPSA) is 63.9 Å². The number of pyridine rings is 1. The fraction of sp³-hybridized carbons (Fsp3) is 0.250. The highest BCUT2D eigenvalue weighted by molar-refractivity contribution is 8.26. The van der Waals surface area contributed by atoms with Crippen LogP contribution < -0.4 is 10.3 Å². The minimum Gasteiger partial charge on any atom is -0.438 e. The summed E-state index contributed by atoms with van der Waals surface area (Å²) >= 11 is 12.9. The number of thioether (sulfide) groups is 1. The molecule has 1 amide bonds. The minimum atomic E-state index is -0.326. The lowest BCUT2D eigenvalue weighted by Gasteiger charge is -2.21. The van der Waals surface area contributed by atoms with Gasteiger partial charge in [-0.25, -0.2) is 0 Å². The van der Waals surface area contributed by atoms with Crippen molar-refractivity contribution in [2.75, 3.05) is 0 Å². The number of carbonyl (C=O) groups is 1. The van der Waals surface area contributed by atoms with Crippen molar-refractivity contribution in [3.8, 4) is 11.6 Å². The van der Waals surface area contributed by atoms with E-state index in [-0.39, 0.29) is 29.0 Å². The summed E-state index contributed by atoms with van der Waals surface area (Å²) in [4.78, 5) is 33.2. The summed E-state index contributed by atoms with van der Waals surface area (Å²) in [6.45, 7) is 1.87. The highest BCUT2D eigenvalue weighted by Gasteiger charge is 2.38. The number of benzene rings is 1. The molecule has 1 saturated carbocycles. The molecule has 0 N–H and O–H groups in total. The SMILES string of the molecule is Cc1cc(Oc2nc3ccccn3c(=O)c2/C=C2/SC(=S)N(C3CCCC3)C2=O)ccc1Cl. The van der Waals surface area contributed by atoms with E-state index in [1.165, 1.54) is 16.2 Å². The van der Waals surface area contributed by atoms with Crippen molar-refractivity contribution in [1.82, 2.24) is 14.3 Å². The summed E-state index contributed by atoms with van der Waals surface area (Å²) in [6.07, 6.45) is 7.28. The smallest absolute Gasteiger partial charge is 0.269 e. The zero-order valence-electron chi connectivity index (χ0n) is 17.8. The summed E-state index contributed by atoms with van der Waals surface area (Å²) in [5, 5.41) is 0.615. The Morgan fingerprint density at radius 3 is 2.76 bits per heavy atom. The first-order chi connectivity index (χ1) is 15.9. The van der Waals surface area contributed by atoms with Crippen LogP contribution in [0.1, 0.15) is 36.8 Å². The van der Waals surface area contributed by atoms with E-state index in [0.29, 0.717) is 25.6 Å². The van der Waals surface area contributed by atoms with Crippen LogP contribution in [-0.4, -0.2) is 30.6 Å². The number of nitrogens with zero attached hydrogens (tertiary/aromatic N) is 3. The number of hydrogen-bond acceptors (Lipinski definition) is 6. The predicted octanol–water partition coefficient (Wildman–Crippen LogP) is 5.59. The molecule has 1 aromatic carbocycles. The number of fused-ring (bicyclic) bond motifs is 1. The van der Waals surface area contributed by atoms with Gasteiger partial charge in [-0.1, -0.05) is 54.5 Å². The summed E-state index contributed by atoms with van der Waals surface area (Å²) in [5.74, 6) is 0.457. The second-order valence-corrected chi connectivity index (χ2v) is 10.2. The number of aryl methyl sites for hydroxylation is 1. The van der Waals surface area contributed by atoms with E-state index in [0.717, 1.165) is 31.2 Å². The first-order valence-electron chi connectivity index (χ1n) is 10.6. The second-order valence-electron chi connectivity index (χ2n) is 8.07. The van der Waals surface area contributed by atoms with E-state index in [2.05, 4.69) is 4.98 Å². The second kappa shape index (κ2) is 8.93. The Kier molecular flexibility index (Phi) is 5.99. The Bertz CT molecular complexity index is 1380. The molecule has 2 aromatic heterocycles. The maximum atomic E-state index is 13.4. The van der Waals surface area contributed by atoms with Crippen LogP contribution in [0.3, 0.4) is 0 Å². The maximum Gasteiger partial charge on any atom is 0.269 e. The summed E-state index contributed by atoms with van der Waals surface area (Å²) in [6, 6.07) is 10.6. The van der Waals surface area contributed by atoms with Crippen LogP contribution in [0, 0.1) is 6.92 Å². The third-order valence-corrected chi connectivity index (χ3v) is 7.62. The number of amides is 1. The molecule has 0 radical (unpaired) electrons. The molecule has 2 fully saturated rings. The fourth-order valence-electron chi connectivity index (χ4n) is 4.16. The monoisotopic (exact) mass is 497 g/mol. The molecule has 33 heavy (non-hydrogen) atoms. The van der Waals surface area contributed by atoms with Crippen LogP contribution in [0.4, 0.5) is 0 Å². The average molecular weight is 498 g/mol. The molecule has 0 bridgehead atoms. The summed E-state index contributed by atoms with van der Waals surface area (Å²) < 4.78 is 8.00. The van der Waals surface area contributed by atoms with Gasteiger partial charge in [-0.05, 0) is 61.7 Å². The Hall–Kier alpha value is -2.68. The molecule has 3 heterocycles. The van der Waals surface area contributed by atoms with E-state index in [9.17, 15) is 9.59 Å². The van der Waals surface area contributed by atoms with Gasteiger partial charge in [0.05, 0.1) is 4.91 Å². The highest BCUT2D eigenvalue weighted by atomic mass is 35.5. The van der Waals surface area contributed by atoms with Crippen LogP contribution >= 0.6 is 35.6 Å². The van der Waals surface area contributed by atoms with Gasteiger partial charge in [-0.3, -0.25) is 18.9 Å². The Balaban J connectivity index is 1.60. The van der Waals surface area contributed by atoms with Gasteiger partial charge in [0.2, 0.25) is 5.88 Å². The van der Waals surface area contributed by atoms with E-state index in [1.54, 1.807) is 53.6 Å². The molecule has 1 saturated heterocycles. The van der Waals surface area contributed by atoms with Crippen molar-refractivity contribution < 1.29 is 9.53 Å². The van der Waals surface area contributed by atoms with Crippen molar-refractivity contribution in [2.24, 2.45) is 0 Å². The van der Waals surface area contributed by atoms with Gasteiger partial charge in [0.15, 0.2) is 0 Å². The van der Waals surface area contributed by atoms with Gasteiger partial charge < -0.3 is 4.74 Å². The number of halogens is 1. The minimum absolute atomic E-state index is 0.124. The normalized spacial score (nSPS) is 18.1. The van der Waals surface area contributed by atoms with Gasteiger partial charge in [0.25, 0.3) is 11.5 Å². The zero-order chi connectivity index (χ0) is 23.1. The van der Waals surface area contributed by atoms with Gasteiger partial charge in [0.1, 0.15) is 21.3 Å². The number of ether oxygens (including phenoxy) is 1. The van der Waals surface area contributed by atoms with Crippen molar-refractivity contribution >= 4 is 57.5 Å². The zero-order valence-corrected chi connectivity index (χ0v) is 20.2. The molecule has 1 aliphatic heterocycles. The number of rotatable bonds is 4. The van der Waals surface area contributed by atoms with Gasteiger partial charge >= 0.3 is 0 Å². The van der Waals surface area contributed by atoms with E-state index in [4.69, 9.17) is 28.6 Å². The lowest BCUT2D eigenvalue weighted by molar-refractivity contribution is -0.123. The molecule has 0 atom stereocenters. The van der Waals surface area contributed by atoms with Crippen molar-refractivity contribution in [3.05, 3.63) is 74.0 Å². The molecular formula is C24H20ClN3O3S2. The van der Waals surface area contributed by atoms with E-state index < -0.39 is 0 Å². The van der Waals surface area contributed by atoms with Crippen molar-refractivity contribution in [1.29, 1.82) is 0 Å². The van der Waals surface area contributed by atoms with Crippen LogP contribution in [0.25, 0.3) is 11.7 Å². The molecule has 0 spiro atoms. The quantitative estimate of drug-likeness (QED) is 0.345. The Labute approximate surface area is 205 Å². The third kappa shape index (κ3) is 4.18. The van der Waals surface area contributed by atoms with Crippen LogP contribution in [0.2, 0.25) is 5.02 Å². The largest absolute Gasteiger partial charge is 0.438 e. The van der Waals surface area contributed by atoms with Crippen molar-refractivity contribution in [3.63, 3.8) is 0 Å². The number of thiocarbonyl (C=S) groups is 1. The van der Waals surface area contributed by atoms with Crippen LogP contribution in [0.5, 0.6) is 11.6 Å². The van der Waals surface area contributed by atoms with Gasteiger partial charge in [-0.2, -0.15) is 4.98 Å². The molecule has 3 aromatic rings. The first kappa shape index (κ1) is 22.1. The first-order valence-corrected chi connectivity index (χ1v) is 12.2. The lowest BCUT2D eigenvalue weighted by atomic mass is 10.2. The molecule has 6 nitrogen and oxygen atoms in total.